The Balaban J connectivity index is 1.97. The van der Waals surface area contributed by atoms with E-state index < -0.39 is 21.6 Å². The third kappa shape index (κ3) is 5.28. The molecule has 0 radical (unpaired) electrons. The minimum atomic E-state index is -4.69. The smallest absolute Gasteiger partial charge is 0.316 e. The van der Waals surface area contributed by atoms with Crippen molar-refractivity contribution in [3.63, 3.8) is 0 Å². The third-order valence-electron chi connectivity index (χ3n) is 4.91. The Hall–Kier alpha value is -1.77. The van der Waals surface area contributed by atoms with E-state index >= 15 is 0 Å². The van der Waals surface area contributed by atoms with Crippen molar-refractivity contribution in [2.24, 2.45) is 10.9 Å². The van der Waals surface area contributed by atoms with Crippen molar-refractivity contribution in [3.8, 4) is 11.1 Å². The molecule has 1 saturated heterocycles. The van der Waals surface area contributed by atoms with Gasteiger partial charge in [0.2, 0.25) is 0 Å². The summed E-state index contributed by atoms with van der Waals surface area (Å²) in [5, 5.41) is 5.02. The van der Waals surface area contributed by atoms with Crippen molar-refractivity contribution < 1.29 is 21.6 Å². The van der Waals surface area contributed by atoms with Crippen LogP contribution in [0.4, 0.5) is 18.9 Å². The first-order valence-electron chi connectivity index (χ1n) is 9.14. The van der Waals surface area contributed by atoms with E-state index in [1.807, 2.05) is 5.16 Å². The minimum absolute atomic E-state index is 0.00180. The van der Waals surface area contributed by atoms with Crippen LogP contribution < -0.4 is 5.32 Å². The number of alkyl halides is 3. The molecule has 1 atom stereocenters. The number of hydrogen-bond donors (Lipinski definition) is 1. The molecule has 0 aliphatic carbocycles. The van der Waals surface area contributed by atoms with Gasteiger partial charge < -0.3 is 5.32 Å². The van der Waals surface area contributed by atoms with E-state index in [-0.39, 0.29) is 38.4 Å². The molecule has 0 bridgehead atoms. The predicted molar refractivity (Wildman–Crippen MR) is 114 cm³/mol. The van der Waals surface area contributed by atoms with Gasteiger partial charge in [0.1, 0.15) is 0 Å². The van der Waals surface area contributed by atoms with Gasteiger partial charge in [-0.05, 0) is 73.9 Å². The monoisotopic (exact) mass is 474 g/mol. The number of halogens is 4. The van der Waals surface area contributed by atoms with E-state index in [1.54, 1.807) is 0 Å². The molecule has 0 amide bonds. The molecule has 1 heterocycles. The molecule has 1 aliphatic heterocycles. The Morgan fingerprint density at radius 3 is 2.50 bits per heavy atom. The second-order valence-electron chi connectivity index (χ2n) is 7.07. The normalized spacial score (nSPS) is 17.4. The molecule has 1 unspecified atom stereocenters. The van der Waals surface area contributed by atoms with Crippen LogP contribution in [-0.4, -0.2) is 32.4 Å². The summed E-state index contributed by atoms with van der Waals surface area (Å²) in [4.78, 5) is 3.65. The highest BCUT2D eigenvalue weighted by Crippen LogP contribution is 2.43. The molecule has 1 aliphatic rings. The number of isothiocyanates is 1. The van der Waals surface area contributed by atoms with Crippen LogP contribution in [0.5, 0.6) is 0 Å². The maximum atomic E-state index is 13.6. The Labute approximate surface area is 183 Å². The van der Waals surface area contributed by atoms with Gasteiger partial charge in [-0.2, -0.15) is 18.2 Å². The minimum Gasteiger partial charge on any atom is -0.316 e. The van der Waals surface area contributed by atoms with Crippen molar-refractivity contribution in [2.45, 2.75) is 23.9 Å². The largest absolute Gasteiger partial charge is 0.417 e. The van der Waals surface area contributed by atoms with E-state index in [1.165, 1.54) is 30.3 Å². The first kappa shape index (κ1) is 22.9. The zero-order chi connectivity index (χ0) is 21.9. The highest BCUT2D eigenvalue weighted by atomic mass is 35.5. The summed E-state index contributed by atoms with van der Waals surface area (Å²) in [5.41, 5.74) is -1.13. The van der Waals surface area contributed by atoms with Gasteiger partial charge in [0.15, 0.2) is 9.84 Å². The van der Waals surface area contributed by atoms with Crippen LogP contribution >= 0.6 is 23.8 Å². The molecule has 10 heteroatoms. The van der Waals surface area contributed by atoms with E-state index in [4.69, 9.17) is 11.6 Å². The Bertz CT molecular complexity index is 1070. The third-order valence-corrected chi connectivity index (χ3v) is 7.20. The van der Waals surface area contributed by atoms with Gasteiger partial charge in [0.25, 0.3) is 0 Å². The summed E-state index contributed by atoms with van der Waals surface area (Å²) in [6, 6.07) is 7.41. The maximum absolute atomic E-state index is 13.6. The summed E-state index contributed by atoms with van der Waals surface area (Å²) in [6.45, 7) is 1.51. The first-order valence-corrected chi connectivity index (χ1v) is 11.6. The van der Waals surface area contributed by atoms with Crippen LogP contribution in [0.1, 0.15) is 18.4 Å². The summed E-state index contributed by atoms with van der Waals surface area (Å²) >= 11 is 10.6. The van der Waals surface area contributed by atoms with Crippen molar-refractivity contribution in [1.82, 2.24) is 5.32 Å². The van der Waals surface area contributed by atoms with Crippen LogP contribution in [0, 0.1) is 5.92 Å². The molecule has 3 rings (SSSR count). The molecular weight excluding hydrogens is 457 g/mol. The van der Waals surface area contributed by atoms with Gasteiger partial charge in [-0.1, -0.05) is 23.7 Å². The van der Waals surface area contributed by atoms with E-state index in [0.29, 0.717) is 6.54 Å². The van der Waals surface area contributed by atoms with Gasteiger partial charge in [-0.15, -0.1) is 0 Å². The lowest BCUT2D eigenvalue weighted by atomic mass is 9.98. The lowest BCUT2D eigenvalue weighted by molar-refractivity contribution is -0.137. The summed E-state index contributed by atoms with van der Waals surface area (Å²) in [5.74, 6) is 0.0158. The quantitative estimate of drug-likeness (QED) is 0.457. The van der Waals surface area contributed by atoms with Crippen molar-refractivity contribution >= 4 is 44.5 Å². The van der Waals surface area contributed by atoms with Crippen molar-refractivity contribution in [2.75, 3.05) is 18.8 Å². The van der Waals surface area contributed by atoms with Crippen LogP contribution in [0.3, 0.4) is 0 Å². The predicted octanol–water partition coefficient (Wildman–Crippen LogP) is 5.53. The van der Waals surface area contributed by atoms with E-state index in [2.05, 4.69) is 22.5 Å². The number of hydrogen-bond acceptors (Lipinski definition) is 5. The number of nitrogens with one attached hydrogen (secondary N) is 1. The van der Waals surface area contributed by atoms with Crippen LogP contribution in [-0.2, 0) is 16.0 Å². The number of sulfone groups is 1. The van der Waals surface area contributed by atoms with Crippen LogP contribution in [0.15, 0.2) is 46.3 Å². The van der Waals surface area contributed by atoms with E-state index in [9.17, 15) is 21.6 Å². The number of aliphatic imine (C=N–C) groups is 1. The average Bonchev–Trinajstić information content (AvgIpc) is 2.68. The molecule has 0 saturated carbocycles. The number of piperidine rings is 1. The topological polar surface area (TPSA) is 58.5 Å². The molecule has 4 nitrogen and oxygen atoms in total. The fourth-order valence-electron chi connectivity index (χ4n) is 3.53. The van der Waals surface area contributed by atoms with Gasteiger partial charge >= 0.3 is 6.18 Å². The summed E-state index contributed by atoms with van der Waals surface area (Å²) in [7, 11) is -3.55. The zero-order valence-electron chi connectivity index (χ0n) is 15.7. The van der Waals surface area contributed by atoms with Gasteiger partial charge in [0, 0.05) is 5.56 Å². The molecular formula is C20H18ClF3N2O2S2. The molecule has 160 valence electrons. The number of thiocarbonyl (C=S) groups is 1. The zero-order valence-corrected chi connectivity index (χ0v) is 18.1. The first-order chi connectivity index (χ1) is 14.1. The standard InChI is InChI=1S/C20H18ClF3N2O2S2/c21-18-9-15(26-12-29)8-17(20(22,23)24)19(18)14-3-5-16(6-4-14)30(27,28)11-13-2-1-7-25-10-13/h3-6,8-9,13,25H,1-2,7,10-11H2. The fourth-order valence-corrected chi connectivity index (χ4v) is 5.60. The summed E-state index contributed by atoms with van der Waals surface area (Å²) < 4.78 is 66.2. The van der Waals surface area contributed by atoms with Crippen molar-refractivity contribution in [1.29, 1.82) is 0 Å². The Morgan fingerprint density at radius 1 is 1.23 bits per heavy atom. The highest BCUT2D eigenvalue weighted by molar-refractivity contribution is 7.91. The molecule has 0 aromatic heterocycles. The van der Waals surface area contributed by atoms with Crippen molar-refractivity contribution in [3.05, 3.63) is 47.0 Å². The highest BCUT2D eigenvalue weighted by Gasteiger charge is 2.35. The number of nitrogens with zero attached hydrogens (tertiary/aromatic N) is 1. The molecule has 2 aromatic rings. The molecule has 0 spiro atoms. The van der Waals surface area contributed by atoms with Crippen LogP contribution in [0.25, 0.3) is 11.1 Å². The lowest BCUT2D eigenvalue weighted by Crippen LogP contribution is -2.33. The second-order valence-corrected chi connectivity index (χ2v) is 9.69. The number of rotatable bonds is 5. The average molecular weight is 475 g/mol. The maximum Gasteiger partial charge on any atom is 0.417 e. The molecule has 1 fully saturated rings. The van der Waals surface area contributed by atoms with Gasteiger partial charge in [-0.25, -0.2) is 8.42 Å². The fraction of sp³-hybridized carbons (Fsp3) is 0.350. The Morgan fingerprint density at radius 2 is 1.93 bits per heavy atom. The molecule has 1 N–H and O–H groups in total. The van der Waals surface area contributed by atoms with Gasteiger partial charge in [0.05, 0.1) is 32.1 Å². The van der Waals surface area contributed by atoms with Gasteiger partial charge in [-0.3, -0.25) is 0 Å². The molecule has 2 aromatic carbocycles. The SMILES string of the molecule is O=S(=O)(CC1CCCNC1)c1ccc(-c2c(Cl)cc(N=C=S)cc2C(F)(F)F)cc1. The molecule has 30 heavy (non-hydrogen) atoms. The van der Waals surface area contributed by atoms with E-state index in [0.717, 1.165) is 25.5 Å². The Kier molecular flexibility index (Phi) is 6.99. The van der Waals surface area contributed by atoms with Crippen LogP contribution in [0.2, 0.25) is 5.02 Å². The second kappa shape index (κ2) is 9.16. The number of benzene rings is 2. The lowest BCUT2D eigenvalue weighted by Gasteiger charge is -2.22. The summed E-state index contributed by atoms with van der Waals surface area (Å²) in [6.07, 6.45) is -2.95.